The van der Waals surface area contributed by atoms with Crippen LogP contribution < -0.4 is 15.1 Å². The van der Waals surface area contributed by atoms with E-state index < -0.39 is 81.0 Å². The summed E-state index contributed by atoms with van der Waals surface area (Å²) in [5, 5.41) is 42.9. The van der Waals surface area contributed by atoms with E-state index in [2.05, 4.69) is 86.1 Å². The van der Waals surface area contributed by atoms with E-state index in [4.69, 9.17) is 41.0 Å². The fraction of sp³-hybridized carbons (Fsp3) is 0.507. The number of rotatable bonds is 14. The van der Waals surface area contributed by atoms with Crippen molar-refractivity contribution in [1.29, 1.82) is 0 Å². The zero-order chi connectivity index (χ0) is 79.7. The molecule has 9 aromatic rings. The van der Waals surface area contributed by atoms with Crippen molar-refractivity contribution in [3.8, 4) is 0 Å². The molecule has 0 bridgehead atoms. The molecule has 0 aliphatic carbocycles. The topological polar surface area (TPSA) is 385 Å². The maximum atomic E-state index is 12.5. The van der Waals surface area contributed by atoms with Gasteiger partial charge in [0.1, 0.15) is 17.5 Å². The molecule has 0 saturated heterocycles. The second-order valence-corrected chi connectivity index (χ2v) is 35.6. The number of halogens is 4. The molecule has 0 fully saturated rings. The van der Waals surface area contributed by atoms with Gasteiger partial charge in [-0.1, -0.05) is 41.5 Å². The molecule has 0 radical (unpaired) electrons. The number of aryl methyl sites for hydroxylation is 2. The van der Waals surface area contributed by atoms with Gasteiger partial charge in [0.05, 0.1) is 115 Å². The Bertz CT molecular complexity index is 5280. The lowest BCUT2D eigenvalue weighted by molar-refractivity contribution is -0.144. The van der Waals surface area contributed by atoms with Crippen LogP contribution in [-0.2, 0) is 88.2 Å². The van der Waals surface area contributed by atoms with E-state index >= 15 is 0 Å². The number of imidazole rings is 3. The SMILES string of the molecule is CC(C)(O)c1cnc(Cl)nc1C(F)(F)F.COC(=O)c1cc2nc3n(c2cc1S(C)(=O)=O)CCN(c1ncc(C(C)(C)O)c(C)n1)[C@@H]3C(C)C.COC(=O)c1cc2nc3n(c2cc1S(C)(=O)=O)CCN[C@@H]3C(C)C.Cc1nc(N2CCn3c(nc4cc(CO)c(S(C)(=O)=O)cc43)[C@H]2C(C)C)ncc1C(C)(C)O. The number of anilines is 2. The number of nitrogens with one attached hydrogen (secondary N) is 1. The van der Waals surface area contributed by atoms with Crippen LogP contribution in [0, 0.1) is 31.6 Å². The van der Waals surface area contributed by atoms with Gasteiger partial charge in [-0.05, 0) is 127 Å². The zero-order valence-corrected chi connectivity index (χ0v) is 66.2. The number of benzene rings is 3. The van der Waals surface area contributed by atoms with Crippen LogP contribution in [-0.4, -0.2) is 169 Å². The number of fused-ring (bicyclic) bond motifs is 9. The number of hydrogen-bond donors (Lipinski definition) is 5. The van der Waals surface area contributed by atoms with Crippen molar-refractivity contribution in [2.45, 2.75) is 179 Å². The van der Waals surface area contributed by atoms with Gasteiger partial charge < -0.3 is 58.7 Å². The van der Waals surface area contributed by atoms with Gasteiger partial charge in [-0.15, -0.1) is 0 Å². The molecule has 9 heterocycles. The monoisotopic (exact) mass is 1570 g/mol. The van der Waals surface area contributed by atoms with Crippen molar-refractivity contribution in [3.05, 3.63) is 128 Å². The van der Waals surface area contributed by atoms with E-state index in [0.29, 0.717) is 95.0 Å². The lowest BCUT2D eigenvalue weighted by Gasteiger charge is -2.38. The Morgan fingerprint density at radius 3 is 1.26 bits per heavy atom. The van der Waals surface area contributed by atoms with Crippen molar-refractivity contribution < 1.29 is 77.9 Å². The summed E-state index contributed by atoms with van der Waals surface area (Å²) in [6.45, 7) is 29.0. The maximum absolute atomic E-state index is 12.5. The number of carbonyl (C=O) groups is 2. The third-order valence-corrected chi connectivity index (χ3v) is 22.2. The highest BCUT2D eigenvalue weighted by Gasteiger charge is 2.42. The molecule has 5 N–H and O–H groups in total. The first-order chi connectivity index (χ1) is 49.4. The van der Waals surface area contributed by atoms with Gasteiger partial charge in [0.15, 0.2) is 35.2 Å². The van der Waals surface area contributed by atoms with Crippen molar-refractivity contribution in [2.75, 3.05) is 62.4 Å². The van der Waals surface area contributed by atoms with Crippen molar-refractivity contribution in [3.63, 3.8) is 0 Å². The molecule has 3 aromatic carbocycles. The molecular formula is C71H91ClF3N15O14S3. The number of esters is 2. The smallest absolute Gasteiger partial charge is 0.433 e. The van der Waals surface area contributed by atoms with Gasteiger partial charge in [-0.3, -0.25) is 0 Å². The van der Waals surface area contributed by atoms with Crippen molar-refractivity contribution in [2.24, 2.45) is 17.8 Å². The van der Waals surface area contributed by atoms with E-state index in [1.807, 2.05) is 23.0 Å². The fourth-order valence-electron chi connectivity index (χ4n) is 13.7. The Kier molecular flexibility index (Phi) is 23.6. The number of hydrogen-bond acceptors (Lipinski definition) is 26. The quantitative estimate of drug-likeness (QED) is 0.0500. The molecular weight excluding hydrogens is 1480 g/mol. The third kappa shape index (κ3) is 17.4. The summed E-state index contributed by atoms with van der Waals surface area (Å²) in [6, 6.07) is 9.12. The number of methoxy groups -OCH3 is 2. The highest BCUT2D eigenvalue weighted by molar-refractivity contribution is 7.91. The number of aliphatic hydroxyl groups is 4. The summed E-state index contributed by atoms with van der Waals surface area (Å²) < 4.78 is 127. The number of nitrogens with zero attached hydrogens (tertiary/aromatic N) is 14. The van der Waals surface area contributed by atoms with Crippen LogP contribution >= 0.6 is 11.6 Å². The molecule has 3 aliphatic rings. The fourth-order valence-corrected chi connectivity index (χ4v) is 16.5. The summed E-state index contributed by atoms with van der Waals surface area (Å²) in [5.74, 6) is 2.78. The van der Waals surface area contributed by atoms with Crippen LogP contribution in [0.2, 0.25) is 5.28 Å². The number of alkyl halides is 3. The average Bonchev–Trinajstić information content (AvgIpc) is 1.61. The molecule has 107 heavy (non-hydrogen) atoms. The highest BCUT2D eigenvalue weighted by Crippen LogP contribution is 2.42. The number of carbonyl (C=O) groups excluding carboxylic acids is 2. The lowest BCUT2D eigenvalue weighted by Crippen LogP contribution is -2.42. The number of aliphatic hydroxyl groups excluding tert-OH is 1. The molecule has 12 rings (SSSR count). The normalized spacial score (nSPS) is 16.6. The van der Waals surface area contributed by atoms with E-state index in [1.165, 1.54) is 52.3 Å². The molecule has 3 atom stereocenters. The predicted octanol–water partition coefficient (Wildman–Crippen LogP) is 9.15. The van der Waals surface area contributed by atoms with Crippen LogP contribution in [0.3, 0.4) is 0 Å². The largest absolute Gasteiger partial charge is 0.465 e. The van der Waals surface area contributed by atoms with E-state index in [1.54, 1.807) is 52.2 Å². The van der Waals surface area contributed by atoms with Crippen molar-refractivity contribution in [1.82, 2.24) is 63.9 Å². The summed E-state index contributed by atoms with van der Waals surface area (Å²) in [4.78, 5) is 68.0. The second kappa shape index (κ2) is 30.6. The Hall–Kier alpha value is -8.42. The molecule has 580 valence electrons. The minimum Gasteiger partial charge on any atom is -0.465 e. The van der Waals surface area contributed by atoms with Gasteiger partial charge >= 0.3 is 18.1 Å². The second-order valence-electron chi connectivity index (χ2n) is 29.3. The molecule has 6 aromatic heterocycles. The molecule has 3 aliphatic heterocycles. The molecule has 0 spiro atoms. The van der Waals surface area contributed by atoms with E-state index in [9.17, 15) is 68.4 Å². The molecule has 29 nitrogen and oxygen atoms in total. The van der Waals surface area contributed by atoms with Crippen molar-refractivity contribution >= 4 is 98.0 Å². The summed E-state index contributed by atoms with van der Waals surface area (Å²) in [5.41, 5.74) is 1.63. The Balaban J connectivity index is 0.000000171. The third-order valence-electron chi connectivity index (χ3n) is 18.6. The Labute approximate surface area is 623 Å². The molecule has 0 unspecified atom stereocenters. The van der Waals surface area contributed by atoms with E-state index in [0.717, 1.165) is 65.7 Å². The van der Waals surface area contributed by atoms with Crippen LogP contribution in [0.5, 0.6) is 0 Å². The predicted molar refractivity (Wildman–Crippen MR) is 394 cm³/mol. The first-order valence-corrected chi connectivity index (χ1v) is 40.2. The lowest BCUT2D eigenvalue weighted by atomic mass is 9.98. The van der Waals surface area contributed by atoms with E-state index in [-0.39, 0.29) is 62.4 Å². The van der Waals surface area contributed by atoms with Crippen LogP contribution in [0.25, 0.3) is 33.1 Å². The summed E-state index contributed by atoms with van der Waals surface area (Å²) in [7, 11) is -8.30. The number of aromatic nitrogens is 12. The van der Waals surface area contributed by atoms with Crippen LogP contribution in [0.15, 0.2) is 69.7 Å². The van der Waals surface area contributed by atoms with Gasteiger partial charge in [0.2, 0.25) is 17.2 Å². The molecule has 0 saturated carbocycles. The minimum absolute atomic E-state index is 0.0239. The maximum Gasteiger partial charge on any atom is 0.433 e. The first-order valence-electron chi connectivity index (χ1n) is 34.1. The Morgan fingerprint density at radius 2 is 0.916 bits per heavy atom. The highest BCUT2D eigenvalue weighted by atomic mass is 35.5. The first kappa shape index (κ1) is 82.6. The Morgan fingerprint density at radius 1 is 0.542 bits per heavy atom. The number of ether oxygens (including phenoxy) is 2. The van der Waals surface area contributed by atoms with Crippen LogP contribution in [0.4, 0.5) is 25.1 Å². The summed E-state index contributed by atoms with van der Waals surface area (Å²) >= 11 is 5.27. The zero-order valence-electron chi connectivity index (χ0n) is 63.0. The molecule has 0 amide bonds. The van der Waals surface area contributed by atoms with Gasteiger partial charge in [-0.25, -0.2) is 79.7 Å². The molecule has 36 heteroatoms. The van der Waals surface area contributed by atoms with Gasteiger partial charge in [0, 0.05) is 105 Å². The average molecular weight is 1570 g/mol. The standard InChI is InChI=1S/C24H31N5O5S.C23H31N5O4S.C16H21N3O4S.C8H8ClF3N2O/c1-13(2)20-21-27-17-10-15(22(30)34-6)19(35(7,32)33)11-18(17)28(21)8-9-29(20)23-25-12-16(14(3)26-23)24(4,5)31;1-13(2)20-21-26-17-9-15(12-29)19(33(6,31)32)10-18(17)27(21)7-8-28(20)22-24-11-16(14(3)25-22)23(4,5)30;1-9(2)14-15-18-11-7-10(16(20)23-3)13(24(4,21)22)8-12(11)19(15)6-5-17-14;1-7(2,15)4-3-13-6(9)14-5(4)8(10,11)12/h10-13,20,31H,8-9H2,1-7H3;9-11,13,20,29-30H,7-8,12H2,1-6H3;7-9,14,17H,5-6H2,1-4H3;3,15H,1-2H3/t2*20-;14-;/m111./s1. The number of sulfone groups is 3. The minimum atomic E-state index is -4.66. The van der Waals surface area contributed by atoms with Gasteiger partial charge in [0.25, 0.3) is 0 Å². The van der Waals surface area contributed by atoms with Gasteiger partial charge in [-0.2, -0.15) is 13.2 Å². The summed E-state index contributed by atoms with van der Waals surface area (Å²) in [6.07, 6.45) is 2.86. The van der Waals surface area contributed by atoms with Crippen LogP contribution in [0.1, 0.15) is 179 Å².